The number of rotatable bonds is 5. The minimum atomic E-state index is 0.634. The van der Waals surface area contributed by atoms with E-state index in [0.717, 1.165) is 99.5 Å². The first kappa shape index (κ1) is 32.4. The smallest absolute Gasteiger partial charge is 0.235 e. The molecule has 12 aromatic rings. The molecule has 12 rings (SSSR count). The van der Waals surface area contributed by atoms with Crippen molar-refractivity contribution in [2.24, 2.45) is 0 Å². The summed E-state index contributed by atoms with van der Waals surface area (Å²) in [6.45, 7) is 0. The molecule has 0 aliphatic carbocycles. The number of para-hydroxylation sites is 4. The van der Waals surface area contributed by atoms with Gasteiger partial charge >= 0.3 is 0 Å². The number of aromatic nitrogens is 4. The van der Waals surface area contributed by atoms with Gasteiger partial charge in [-0.2, -0.15) is 0 Å². The van der Waals surface area contributed by atoms with Crippen LogP contribution in [0.1, 0.15) is 0 Å². The van der Waals surface area contributed by atoms with E-state index in [-0.39, 0.29) is 0 Å². The minimum Gasteiger partial charge on any atom is -0.455 e. The molecule has 0 aliphatic heterocycles. The second-order valence-electron chi connectivity index (χ2n) is 14.7. The Labute approximate surface area is 333 Å². The lowest BCUT2D eigenvalue weighted by atomic mass is 9.97. The maximum atomic E-state index is 7.01. The summed E-state index contributed by atoms with van der Waals surface area (Å²) in [6.07, 6.45) is 0. The molecule has 0 atom stereocenters. The zero-order chi connectivity index (χ0) is 38.2. The van der Waals surface area contributed by atoms with Crippen LogP contribution in [-0.2, 0) is 0 Å². The van der Waals surface area contributed by atoms with Crippen LogP contribution in [0, 0.1) is 0 Å². The second-order valence-corrected chi connectivity index (χ2v) is 14.7. The molecule has 270 valence electrons. The van der Waals surface area contributed by atoms with E-state index in [9.17, 15) is 0 Å². The molecule has 8 aromatic carbocycles. The van der Waals surface area contributed by atoms with Crippen molar-refractivity contribution in [1.82, 2.24) is 19.5 Å². The highest BCUT2D eigenvalue weighted by Crippen LogP contribution is 2.43. The summed E-state index contributed by atoms with van der Waals surface area (Å²) in [6, 6.07) is 67.6. The van der Waals surface area contributed by atoms with Gasteiger partial charge in [0.2, 0.25) is 5.95 Å². The molecular formula is C53H32N4O. The minimum absolute atomic E-state index is 0.634. The maximum absolute atomic E-state index is 7.01. The molecule has 0 N–H and O–H groups in total. The van der Waals surface area contributed by atoms with Gasteiger partial charge in [0.05, 0.1) is 33.6 Å². The molecule has 0 aliphatic rings. The summed E-state index contributed by atoms with van der Waals surface area (Å²) in [4.78, 5) is 15.6. The van der Waals surface area contributed by atoms with Gasteiger partial charge in [-0.1, -0.05) is 164 Å². The normalized spacial score (nSPS) is 11.8. The SMILES string of the molecule is c1ccc(-c2cc(-c3ccc(-c4cccc5c4oc4c5ccc5c(-c6ccccc6)nc6ccccc6c54)cc3)nc(-n3c4ccccc4c4ccccc43)n2)cc1. The highest BCUT2D eigenvalue weighted by Gasteiger charge is 2.20. The molecule has 0 saturated carbocycles. The van der Waals surface area contributed by atoms with Crippen molar-refractivity contribution < 1.29 is 4.42 Å². The standard InChI is InChI=1S/C53H32N4O/c1-3-14-34(15-4-1)45-32-46(56-53(55-45)57-47-24-11-8-18-38(47)39-19-9-12-25-48(39)57)35-28-26-33(27-29-35)37-21-13-22-40-41-30-31-43-49(52(41)58-51(37)40)42-20-7-10-23-44(42)54-50(43)36-16-5-2-6-17-36/h1-32H. The van der Waals surface area contributed by atoms with E-state index in [1.54, 1.807) is 0 Å². The molecular weight excluding hydrogens is 709 g/mol. The van der Waals surface area contributed by atoms with Crippen molar-refractivity contribution in [1.29, 1.82) is 0 Å². The topological polar surface area (TPSA) is 56.7 Å². The molecule has 0 spiro atoms. The molecule has 0 saturated heterocycles. The first-order valence-electron chi connectivity index (χ1n) is 19.5. The highest BCUT2D eigenvalue weighted by atomic mass is 16.3. The van der Waals surface area contributed by atoms with E-state index in [1.807, 2.05) is 18.2 Å². The van der Waals surface area contributed by atoms with Crippen molar-refractivity contribution in [3.8, 4) is 50.8 Å². The van der Waals surface area contributed by atoms with Crippen LogP contribution >= 0.6 is 0 Å². The van der Waals surface area contributed by atoms with E-state index in [0.29, 0.717) is 5.95 Å². The molecule has 0 fully saturated rings. The third-order valence-electron chi connectivity index (χ3n) is 11.4. The summed E-state index contributed by atoms with van der Waals surface area (Å²) in [5, 5.41) is 7.74. The van der Waals surface area contributed by atoms with Crippen molar-refractivity contribution in [2.45, 2.75) is 0 Å². The Morgan fingerprint density at radius 1 is 0.362 bits per heavy atom. The summed E-state index contributed by atoms with van der Waals surface area (Å²) < 4.78 is 9.19. The van der Waals surface area contributed by atoms with Crippen LogP contribution in [0.5, 0.6) is 0 Å². The zero-order valence-electron chi connectivity index (χ0n) is 31.2. The molecule has 0 unspecified atom stereocenters. The molecule has 58 heavy (non-hydrogen) atoms. The second kappa shape index (κ2) is 12.8. The van der Waals surface area contributed by atoms with E-state index in [1.165, 1.54) is 10.8 Å². The van der Waals surface area contributed by atoms with Crippen LogP contribution in [0.4, 0.5) is 0 Å². The monoisotopic (exact) mass is 740 g/mol. The van der Waals surface area contributed by atoms with Gasteiger partial charge in [-0.25, -0.2) is 15.0 Å². The van der Waals surface area contributed by atoms with Crippen LogP contribution in [0.25, 0.3) is 116 Å². The van der Waals surface area contributed by atoms with Crippen LogP contribution in [0.15, 0.2) is 199 Å². The van der Waals surface area contributed by atoms with Gasteiger partial charge in [-0.3, -0.25) is 4.57 Å². The largest absolute Gasteiger partial charge is 0.455 e. The Morgan fingerprint density at radius 2 is 0.897 bits per heavy atom. The van der Waals surface area contributed by atoms with Crippen molar-refractivity contribution in [3.63, 3.8) is 0 Å². The quantitative estimate of drug-likeness (QED) is 0.165. The number of benzene rings is 8. The Bertz CT molecular complexity index is 3500. The lowest BCUT2D eigenvalue weighted by Gasteiger charge is -2.12. The molecule has 4 heterocycles. The lowest BCUT2D eigenvalue weighted by Crippen LogP contribution is -2.03. The third-order valence-corrected chi connectivity index (χ3v) is 11.4. The van der Waals surface area contributed by atoms with Crippen LogP contribution in [0.2, 0.25) is 0 Å². The predicted octanol–water partition coefficient (Wildman–Crippen LogP) is 13.8. The number of hydrogen-bond acceptors (Lipinski definition) is 4. The zero-order valence-corrected chi connectivity index (χ0v) is 31.2. The Hall–Kier alpha value is -7.89. The Morgan fingerprint density at radius 3 is 1.60 bits per heavy atom. The van der Waals surface area contributed by atoms with Gasteiger partial charge < -0.3 is 4.42 Å². The fourth-order valence-electron chi connectivity index (χ4n) is 8.73. The summed E-state index contributed by atoms with van der Waals surface area (Å²) in [5.41, 5.74) is 12.7. The van der Waals surface area contributed by atoms with E-state index in [2.05, 4.69) is 180 Å². The first-order valence-corrected chi connectivity index (χ1v) is 19.5. The van der Waals surface area contributed by atoms with E-state index >= 15 is 0 Å². The maximum Gasteiger partial charge on any atom is 0.235 e. The van der Waals surface area contributed by atoms with Gasteiger partial charge in [0.1, 0.15) is 11.2 Å². The third kappa shape index (κ3) is 5.00. The van der Waals surface area contributed by atoms with Gasteiger partial charge in [-0.15, -0.1) is 0 Å². The van der Waals surface area contributed by atoms with Crippen molar-refractivity contribution in [2.75, 3.05) is 0 Å². The number of hydrogen-bond donors (Lipinski definition) is 0. The number of nitrogens with zero attached hydrogens (tertiary/aromatic N) is 4. The van der Waals surface area contributed by atoms with Gasteiger partial charge in [0, 0.05) is 60.0 Å². The average molecular weight is 741 g/mol. The summed E-state index contributed by atoms with van der Waals surface area (Å²) in [7, 11) is 0. The number of fused-ring (bicyclic) bond motifs is 10. The number of furan rings is 1. The highest BCUT2D eigenvalue weighted by molar-refractivity contribution is 6.25. The first-order chi connectivity index (χ1) is 28.8. The van der Waals surface area contributed by atoms with E-state index < -0.39 is 0 Å². The molecule has 0 bridgehead atoms. The Kier molecular flexibility index (Phi) is 7.16. The van der Waals surface area contributed by atoms with Crippen molar-refractivity contribution in [3.05, 3.63) is 194 Å². The summed E-state index contributed by atoms with van der Waals surface area (Å²) in [5.74, 6) is 0.634. The van der Waals surface area contributed by atoms with Crippen LogP contribution in [-0.4, -0.2) is 19.5 Å². The van der Waals surface area contributed by atoms with Gasteiger partial charge in [0.15, 0.2) is 0 Å². The lowest BCUT2D eigenvalue weighted by molar-refractivity contribution is 0.674. The fourth-order valence-corrected chi connectivity index (χ4v) is 8.73. The van der Waals surface area contributed by atoms with E-state index in [4.69, 9.17) is 19.4 Å². The molecule has 0 amide bonds. The average Bonchev–Trinajstić information content (AvgIpc) is 3.85. The fraction of sp³-hybridized carbons (Fsp3) is 0. The van der Waals surface area contributed by atoms with Gasteiger partial charge in [0.25, 0.3) is 0 Å². The molecule has 5 nitrogen and oxygen atoms in total. The van der Waals surface area contributed by atoms with Crippen LogP contribution in [0.3, 0.4) is 0 Å². The van der Waals surface area contributed by atoms with Gasteiger partial charge in [-0.05, 0) is 35.9 Å². The van der Waals surface area contributed by atoms with Crippen LogP contribution < -0.4 is 0 Å². The molecule has 0 radical (unpaired) electrons. The Balaban J connectivity index is 1.02. The summed E-state index contributed by atoms with van der Waals surface area (Å²) >= 11 is 0. The van der Waals surface area contributed by atoms with Crippen molar-refractivity contribution >= 4 is 65.4 Å². The molecule has 5 heteroatoms. The predicted molar refractivity (Wildman–Crippen MR) is 238 cm³/mol. The molecule has 4 aromatic heterocycles. The number of pyridine rings is 1.